The van der Waals surface area contributed by atoms with E-state index in [1.165, 1.54) is 12.3 Å². The number of halogens is 2. The maximum atomic E-state index is 15.9. The molecular weight excluding hydrogens is 901 g/mol. The van der Waals surface area contributed by atoms with Gasteiger partial charge in [0.2, 0.25) is 17.8 Å². The molecular formula is C48H55ClFN9O7S. The number of aromatic nitrogens is 2. The van der Waals surface area contributed by atoms with Gasteiger partial charge >= 0.3 is 0 Å². The molecule has 7 heterocycles. The van der Waals surface area contributed by atoms with E-state index in [9.17, 15) is 27.6 Å². The van der Waals surface area contributed by atoms with Gasteiger partial charge in [0.05, 0.1) is 50.6 Å². The number of nitrogens with one attached hydrogen (secondary N) is 3. The summed E-state index contributed by atoms with van der Waals surface area (Å²) in [7, 11) is -3.60. The molecule has 5 fully saturated rings. The Kier molecular flexibility index (Phi) is 12.7. The van der Waals surface area contributed by atoms with Crippen LogP contribution in [-0.4, -0.2) is 114 Å². The number of nitrogens with zero attached hydrogens (tertiary/aromatic N) is 6. The van der Waals surface area contributed by atoms with Crippen molar-refractivity contribution in [1.29, 1.82) is 0 Å². The van der Waals surface area contributed by atoms with E-state index in [0.717, 1.165) is 74.1 Å². The summed E-state index contributed by atoms with van der Waals surface area (Å²) >= 11 is 6.53. The van der Waals surface area contributed by atoms with Gasteiger partial charge in [-0.15, -0.1) is 0 Å². The van der Waals surface area contributed by atoms with Crippen LogP contribution in [-0.2, 0) is 19.4 Å². The second-order valence-corrected chi connectivity index (χ2v) is 21.6. The fourth-order valence-corrected chi connectivity index (χ4v) is 11.5. The van der Waals surface area contributed by atoms with Crippen LogP contribution in [0.4, 0.5) is 38.9 Å². The van der Waals surface area contributed by atoms with Gasteiger partial charge in [0, 0.05) is 63.0 Å². The van der Waals surface area contributed by atoms with Crippen LogP contribution in [0.2, 0.25) is 5.02 Å². The molecule has 10 rings (SSSR count). The summed E-state index contributed by atoms with van der Waals surface area (Å²) in [6, 6.07) is 12.5. The molecule has 0 radical (unpaired) electrons. The number of rotatable bonds is 13. The first-order chi connectivity index (χ1) is 32.0. The number of carbonyl (C=O) groups excluding carboxylic acids is 4. The molecule has 0 saturated carbocycles. The van der Waals surface area contributed by atoms with Crippen LogP contribution in [0.3, 0.4) is 0 Å². The number of para-hydroxylation sites is 1. The number of fused-ring (bicyclic) bond motifs is 4. The number of hydrogen-bond acceptors (Lipinski definition) is 14. The van der Waals surface area contributed by atoms with Crippen LogP contribution in [0.25, 0.3) is 0 Å². The molecule has 3 aromatic carbocycles. The van der Waals surface area contributed by atoms with Crippen LogP contribution in [0, 0.1) is 18.7 Å². The minimum absolute atomic E-state index is 0.0106. The summed E-state index contributed by atoms with van der Waals surface area (Å²) in [6.07, 6.45) is 5.24. The Hall–Kier alpha value is -5.85. The predicted octanol–water partition coefficient (Wildman–Crippen LogP) is 7.00. The quantitative estimate of drug-likeness (QED) is 0.116. The lowest BCUT2D eigenvalue weighted by Crippen LogP contribution is -2.63. The molecule has 354 valence electrons. The zero-order valence-electron chi connectivity index (χ0n) is 38.1. The molecule has 3 unspecified atom stereocenters. The number of piperazine rings is 1. The number of imide groups is 2. The second-order valence-electron chi connectivity index (χ2n) is 18.7. The predicted molar refractivity (Wildman–Crippen MR) is 253 cm³/mol. The zero-order valence-corrected chi connectivity index (χ0v) is 39.7. The third kappa shape index (κ3) is 9.02. The largest absolute Gasteiger partial charge is 0.489 e. The van der Waals surface area contributed by atoms with E-state index in [1.807, 2.05) is 24.8 Å². The Balaban J connectivity index is 0.840. The summed E-state index contributed by atoms with van der Waals surface area (Å²) in [5.74, 6) is -1.49. The second kappa shape index (κ2) is 18.3. The molecule has 3 N–H and O–H groups in total. The Morgan fingerprint density at radius 2 is 1.60 bits per heavy atom. The van der Waals surface area contributed by atoms with E-state index in [1.54, 1.807) is 38.1 Å². The fourth-order valence-electron chi connectivity index (χ4n) is 10.1. The smallest absolute Gasteiger partial charge is 0.262 e. The number of benzene rings is 3. The van der Waals surface area contributed by atoms with Gasteiger partial charge in [0.25, 0.3) is 11.8 Å². The molecule has 6 aliphatic rings. The summed E-state index contributed by atoms with van der Waals surface area (Å²) in [5, 5.41) is 8.23. The number of amides is 4. The molecule has 4 aromatic rings. The SMILES string of the molecule is Cc1cc(Nc2ncc(Cl)c(Nc3ccccc3S(=O)(=O)C(C)C)n2)c(OC(C)C)cc1N1CCC(CN2CC3CCC2CN3c2cc3c(cc2F)C(=O)N(C2CCC(=O)NC2=O)C3=O)CC1. The van der Waals surface area contributed by atoms with Crippen LogP contribution < -0.4 is 30.5 Å². The normalized spacial score (nSPS) is 21.4. The minimum atomic E-state index is -3.60. The van der Waals surface area contributed by atoms with E-state index >= 15 is 4.39 Å². The zero-order chi connectivity index (χ0) is 47.5. The number of carbonyl (C=O) groups is 4. The van der Waals surface area contributed by atoms with Gasteiger partial charge in [-0.1, -0.05) is 23.7 Å². The van der Waals surface area contributed by atoms with Crippen molar-refractivity contribution in [3.63, 3.8) is 0 Å². The molecule has 0 spiro atoms. The third-order valence-corrected chi connectivity index (χ3v) is 16.1. The van der Waals surface area contributed by atoms with Crippen molar-refractivity contribution in [3.8, 4) is 5.75 Å². The molecule has 4 amide bonds. The van der Waals surface area contributed by atoms with Gasteiger partial charge in [-0.3, -0.25) is 34.3 Å². The number of sulfone groups is 1. The Labute approximate surface area is 394 Å². The number of hydrogen-bond donors (Lipinski definition) is 3. The highest BCUT2D eigenvalue weighted by Gasteiger charge is 2.47. The lowest BCUT2D eigenvalue weighted by molar-refractivity contribution is -0.136. The highest BCUT2D eigenvalue weighted by Crippen LogP contribution is 2.41. The number of piperidine rings is 4. The van der Waals surface area contributed by atoms with Crippen molar-refractivity contribution in [2.24, 2.45) is 5.92 Å². The molecule has 0 aliphatic carbocycles. The maximum Gasteiger partial charge on any atom is 0.262 e. The van der Waals surface area contributed by atoms with Crippen molar-refractivity contribution in [1.82, 2.24) is 25.1 Å². The maximum absolute atomic E-state index is 15.9. The van der Waals surface area contributed by atoms with Crippen molar-refractivity contribution >= 4 is 79.6 Å². The highest BCUT2D eigenvalue weighted by molar-refractivity contribution is 7.92. The van der Waals surface area contributed by atoms with Gasteiger partial charge in [0.1, 0.15) is 22.6 Å². The molecule has 6 aliphatic heterocycles. The van der Waals surface area contributed by atoms with Gasteiger partial charge in [-0.2, -0.15) is 4.98 Å². The van der Waals surface area contributed by atoms with Gasteiger partial charge in [-0.25, -0.2) is 17.8 Å². The van der Waals surface area contributed by atoms with Crippen molar-refractivity contribution < 1.29 is 36.7 Å². The van der Waals surface area contributed by atoms with Crippen LogP contribution in [0.15, 0.2) is 59.6 Å². The van der Waals surface area contributed by atoms with Crippen molar-refractivity contribution in [2.75, 3.05) is 53.2 Å². The lowest BCUT2D eigenvalue weighted by atomic mass is 9.87. The van der Waals surface area contributed by atoms with E-state index < -0.39 is 50.6 Å². The number of anilines is 6. The molecule has 5 saturated heterocycles. The molecule has 1 aromatic heterocycles. The van der Waals surface area contributed by atoms with E-state index in [4.69, 9.17) is 16.3 Å². The van der Waals surface area contributed by atoms with Gasteiger partial charge in [0.15, 0.2) is 15.7 Å². The summed E-state index contributed by atoms with van der Waals surface area (Å²) in [5.41, 5.74) is 3.47. The lowest BCUT2D eigenvalue weighted by Gasteiger charge is -2.53. The van der Waals surface area contributed by atoms with Gasteiger partial charge < -0.3 is 25.2 Å². The average Bonchev–Trinajstić information content (AvgIpc) is 3.52. The summed E-state index contributed by atoms with van der Waals surface area (Å²) in [4.78, 5) is 68.2. The van der Waals surface area contributed by atoms with E-state index in [2.05, 4.69) is 48.7 Å². The molecule has 3 atom stereocenters. The van der Waals surface area contributed by atoms with Crippen LogP contribution >= 0.6 is 11.6 Å². The van der Waals surface area contributed by atoms with Crippen molar-refractivity contribution in [2.45, 2.75) is 108 Å². The Morgan fingerprint density at radius 1 is 0.881 bits per heavy atom. The number of aryl methyl sites for hydroxylation is 1. The number of ether oxygens (including phenoxy) is 1. The first-order valence-corrected chi connectivity index (χ1v) is 24.9. The molecule has 67 heavy (non-hydrogen) atoms. The first kappa shape index (κ1) is 46.3. The molecule has 2 bridgehead atoms. The molecule has 19 heteroatoms. The van der Waals surface area contributed by atoms with E-state index in [-0.39, 0.29) is 63.8 Å². The molecule has 16 nitrogen and oxygen atoms in total. The third-order valence-electron chi connectivity index (χ3n) is 13.6. The standard InChI is InChI=1S/C48H55ClFN9O7S/c1-26(2)66-41-21-39(28(5)18-37(41)53-48-51-22-34(49)44(55-48)52-36-8-6-7-9-42(36)67(64,65)27(3)4)56-16-14-29(15-17-56)23-57-24-31-11-10-30(57)25-58(31)40-20-33-32(19-35(40)50)46(62)59(47(33)63)38-12-13-43(60)54-45(38)61/h6-9,18-22,26-27,29-31,38H,10-17,23-25H2,1-5H3,(H,54,60,61)(H2,51,52,53,55). The summed E-state index contributed by atoms with van der Waals surface area (Å²) in [6.45, 7) is 13.3. The highest BCUT2D eigenvalue weighted by atomic mass is 35.5. The fraction of sp³-hybridized carbons (Fsp3) is 0.458. The van der Waals surface area contributed by atoms with Crippen molar-refractivity contribution in [3.05, 3.63) is 82.3 Å². The minimum Gasteiger partial charge on any atom is -0.489 e. The average molecular weight is 957 g/mol. The topological polar surface area (TPSA) is 186 Å². The van der Waals surface area contributed by atoms with Gasteiger partial charge in [-0.05, 0) is 109 Å². The monoisotopic (exact) mass is 955 g/mol. The van der Waals surface area contributed by atoms with Crippen LogP contribution in [0.5, 0.6) is 5.75 Å². The Bertz CT molecular complexity index is 2770. The van der Waals surface area contributed by atoms with Crippen LogP contribution in [0.1, 0.15) is 92.5 Å². The Morgan fingerprint density at radius 3 is 2.28 bits per heavy atom. The first-order valence-electron chi connectivity index (χ1n) is 23.0. The van der Waals surface area contributed by atoms with E-state index in [0.29, 0.717) is 35.3 Å². The summed E-state index contributed by atoms with van der Waals surface area (Å²) < 4.78 is 48.5.